The third kappa shape index (κ3) is 3.52. The van der Waals surface area contributed by atoms with Crippen LogP contribution in [-0.4, -0.2) is 39.7 Å². The molecule has 3 amide bonds. The first-order valence-corrected chi connectivity index (χ1v) is 10.2. The Morgan fingerprint density at radius 1 is 1.25 bits per heavy atom. The van der Waals surface area contributed by atoms with Crippen LogP contribution in [-0.2, 0) is 16.1 Å². The normalized spacial score (nSPS) is 20.3. The maximum absolute atomic E-state index is 12.7. The molecule has 1 aromatic rings. The molecule has 3 rings (SSSR count). The highest BCUT2D eigenvalue weighted by Gasteiger charge is 2.39. The zero-order valence-electron chi connectivity index (χ0n) is 13.2. The van der Waals surface area contributed by atoms with Crippen molar-refractivity contribution in [3.63, 3.8) is 0 Å². The van der Waals surface area contributed by atoms with E-state index < -0.39 is 6.04 Å². The standard InChI is InChI=1S/C17H19BrN2O3S/c18-8-1-2-9-24-14-5-3-4-11-12(14)10-20(17(11)23)13-6-7-15(21)19-16(13)22/h3-5,13H,1-2,6-10H2,(H,19,21,22). The van der Waals surface area contributed by atoms with E-state index in [0.717, 1.165) is 34.4 Å². The van der Waals surface area contributed by atoms with Crippen molar-refractivity contribution in [2.24, 2.45) is 0 Å². The van der Waals surface area contributed by atoms with Crippen molar-refractivity contribution in [1.82, 2.24) is 10.2 Å². The number of hydrogen-bond donors (Lipinski definition) is 1. The number of carbonyl (C=O) groups excluding carboxylic acids is 3. The van der Waals surface area contributed by atoms with Crippen LogP contribution >= 0.6 is 27.7 Å². The zero-order valence-corrected chi connectivity index (χ0v) is 15.6. The Bertz CT molecular complexity index is 680. The van der Waals surface area contributed by atoms with Crippen molar-refractivity contribution in [3.8, 4) is 0 Å². The summed E-state index contributed by atoms with van der Waals surface area (Å²) in [7, 11) is 0. The number of benzene rings is 1. The molecule has 0 aromatic heterocycles. The van der Waals surface area contributed by atoms with Crippen LogP contribution in [0.1, 0.15) is 41.6 Å². The number of piperidine rings is 1. The first-order valence-electron chi connectivity index (χ1n) is 8.07. The van der Waals surface area contributed by atoms with Gasteiger partial charge in [-0.25, -0.2) is 0 Å². The van der Waals surface area contributed by atoms with Crippen LogP contribution in [0.4, 0.5) is 0 Å². The predicted molar refractivity (Wildman–Crippen MR) is 96.2 cm³/mol. The van der Waals surface area contributed by atoms with Crippen molar-refractivity contribution in [1.29, 1.82) is 0 Å². The van der Waals surface area contributed by atoms with E-state index in [2.05, 4.69) is 21.2 Å². The zero-order chi connectivity index (χ0) is 17.1. The minimum Gasteiger partial charge on any atom is -0.322 e. The molecule has 7 heteroatoms. The summed E-state index contributed by atoms with van der Waals surface area (Å²) in [5.41, 5.74) is 1.70. The molecule has 128 valence electrons. The Kier molecular flexibility index (Phi) is 5.61. The number of fused-ring (bicyclic) bond motifs is 1. The number of amides is 3. The van der Waals surface area contributed by atoms with E-state index >= 15 is 0 Å². The van der Waals surface area contributed by atoms with Gasteiger partial charge in [0.15, 0.2) is 0 Å². The summed E-state index contributed by atoms with van der Waals surface area (Å²) in [5.74, 6) is 0.277. The summed E-state index contributed by atoms with van der Waals surface area (Å²) in [6, 6.07) is 5.22. The van der Waals surface area contributed by atoms with E-state index in [-0.39, 0.29) is 24.1 Å². The average Bonchev–Trinajstić information content (AvgIpc) is 2.89. The van der Waals surface area contributed by atoms with Gasteiger partial charge in [0.25, 0.3) is 5.91 Å². The van der Waals surface area contributed by atoms with Crippen molar-refractivity contribution < 1.29 is 14.4 Å². The molecule has 0 aliphatic carbocycles. The summed E-state index contributed by atoms with van der Waals surface area (Å²) in [5, 5.41) is 3.34. The van der Waals surface area contributed by atoms with Gasteiger partial charge in [-0.2, -0.15) is 0 Å². The number of nitrogens with zero attached hydrogens (tertiary/aromatic N) is 1. The van der Waals surface area contributed by atoms with Crippen LogP contribution in [0, 0.1) is 0 Å². The van der Waals surface area contributed by atoms with E-state index in [1.807, 2.05) is 18.2 Å². The molecule has 2 aliphatic heterocycles. The fraction of sp³-hybridized carbons (Fsp3) is 0.471. The molecule has 0 bridgehead atoms. The number of nitrogens with one attached hydrogen (secondary N) is 1. The van der Waals surface area contributed by atoms with Crippen LogP contribution in [0.2, 0.25) is 0 Å². The molecular weight excluding hydrogens is 392 g/mol. The Labute approximate surface area is 153 Å². The number of unbranched alkanes of at least 4 members (excludes halogenated alkanes) is 1. The fourth-order valence-electron chi connectivity index (χ4n) is 3.07. The molecule has 1 N–H and O–H groups in total. The fourth-order valence-corrected chi connectivity index (χ4v) is 4.56. The van der Waals surface area contributed by atoms with Crippen LogP contribution in [0.15, 0.2) is 23.1 Å². The van der Waals surface area contributed by atoms with Crippen LogP contribution in [0.25, 0.3) is 0 Å². The number of imide groups is 1. The summed E-state index contributed by atoms with van der Waals surface area (Å²) in [6.07, 6.45) is 2.93. The SMILES string of the molecule is O=C1CCC(N2Cc3c(SCCCCBr)cccc3C2=O)C(=O)N1. The van der Waals surface area contributed by atoms with Gasteiger partial charge in [-0.15, -0.1) is 11.8 Å². The third-order valence-electron chi connectivity index (χ3n) is 4.32. The van der Waals surface area contributed by atoms with Crippen LogP contribution in [0.5, 0.6) is 0 Å². The van der Waals surface area contributed by atoms with E-state index in [0.29, 0.717) is 18.5 Å². The highest BCUT2D eigenvalue weighted by atomic mass is 79.9. The smallest absolute Gasteiger partial charge is 0.255 e. The van der Waals surface area contributed by atoms with Gasteiger partial charge in [-0.3, -0.25) is 19.7 Å². The van der Waals surface area contributed by atoms with Gasteiger partial charge in [0.2, 0.25) is 11.8 Å². The third-order valence-corrected chi connectivity index (χ3v) is 6.07. The lowest BCUT2D eigenvalue weighted by atomic mass is 10.0. The van der Waals surface area contributed by atoms with Crippen LogP contribution < -0.4 is 5.32 Å². The van der Waals surface area contributed by atoms with E-state index in [1.165, 1.54) is 0 Å². The van der Waals surface area contributed by atoms with Crippen LogP contribution in [0.3, 0.4) is 0 Å². The van der Waals surface area contributed by atoms with Gasteiger partial charge in [-0.1, -0.05) is 22.0 Å². The maximum Gasteiger partial charge on any atom is 0.255 e. The number of thioether (sulfide) groups is 1. The number of alkyl halides is 1. The maximum atomic E-state index is 12.7. The number of carbonyl (C=O) groups is 3. The lowest BCUT2D eigenvalue weighted by Crippen LogP contribution is -2.52. The quantitative estimate of drug-likeness (QED) is 0.338. The lowest BCUT2D eigenvalue weighted by Gasteiger charge is -2.29. The molecular formula is C17H19BrN2O3S. The number of rotatable bonds is 6. The molecule has 2 aliphatic rings. The highest BCUT2D eigenvalue weighted by Crippen LogP contribution is 2.34. The molecule has 1 atom stereocenters. The second-order valence-corrected chi connectivity index (χ2v) is 7.86. The largest absolute Gasteiger partial charge is 0.322 e. The molecule has 1 fully saturated rings. The molecule has 0 spiro atoms. The molecule has 2 heterocycles. The Balaban J connectivity index is 1.75. The molecule has 0 saturated carbocycles. The second kappa shape index (κ2) is 7.70. The summed E-state index contributed by atoms with van der Waals surface area (Å²) in [6.45, 7) is 0.446. The number of halogens is 1. The molecule has 5 nitrogen and oxygen atoms in total. The monoisotopic (exact) mass is 410 g/mol. The Hall–Kier alpha value is -1.34. The van der Waals surface area contributed by atoms with Gasteiger partial charge >= 0.3 is 0 Å². The minimum absolute atomic E-state index is 0.109. The second-order valence-electron chi connectivity index (χ2n) is 5.93. The Morgan fingerprint density at radius 3 is 2.83 bits per heavy atom. The minimum atomic E-state index is -0.547. The van der Waals surface area contributed by atoms with Gasteiger partial charge in [0, 0.05) is 28.8 Å². The van der Waals surface area contributed by atoms with Crippen molar-refractivity contribution in [2.75, 3.05) is 11.1 Å². The van der Waals surface area contributed by atoms with Gasteiger partial charge < -0.3 is 4.90 Å². The number of hydrogen-bond acceptors (Lipinski definition) is 4. The molecule has 1 saturated heterocycles. The van der Waals surface area contributed by atoms with Gasteiger partial charge in [0.05, 0.1) is 0 Å². The molecule has 0 radical (unpaired) electrons. The first kappa shape index (κ1) is 17.5. The summed E-state index contributed by atoms with van der Waals surface area (Å²) < 4.78 is 0. The Morgan fingerprint density at radius 2 is 2.08 bits per heavy atom. The molecule has 1 aromatic carbocycles. The van der Waals surface area contributed by atoms with Crippen molar-refractivity contribution in [2.45, 2.75) is 43.2 Å². The predicted octanol–water partition coefficient (Wildman–Crippen LogP) is 2.71. The van der Waals surface area contributed by atoms with Crippen molar-refractivity contribution in [3.05, 3.63) is 29.3 Å². The molecule has 1 unspecified atom stereocenters. The highest BCUT2D eigenvalue weighted by molar-refractivity contribution is 9.09. The van der Waals surface area contributed by atoms with E-state index in [9.17, 15) is 14.4 Å². The van der Waals surface area contributed by atoms with Gasteiger partial charge in [-0.05, 0) is 42.7 Å². The van der Waals surface area contributed by atoms with E-state index in [4.69, 9.17) is 0 Å². The topological polar surface area (TPSA) is 66.5 Å². The van der Waals surface area contributed by atoms with E-state index in [1.54, 1.807) is 16.7 Å². The van der Waals surface area contributed by atoms with Gasteiger partial charge in [0.1, 0.15) is 6.04 Å². The first-order chi connectivity index (χ1) is 11.6. The summed E-state index contributed by atoms with van der Waals surface area (Å²) >= 11 is 5.20. The summed E-state index contributed by atoms with van der Waals surface area (Å²) in [4.78, 5) is 38.8. The van der Waals surface area contributed by atoms with Crippen molar-refractivity contribution >= 4 is 45.4 Å². The lowest BCUT2D eigenvalue weighted by molar-refractivity contribution is -0.136. The molecule has 24 heavy (non-hydrogen) atoms. The average molecular weight is 411 g/mol.